The van der Waals surface area contributed by atoms with Crippen LogP contribution in [0.3, 0.4) is 0 Å². The zero-order valence-corrected chi connectivity index (χ0v) is 28.5. The fourth-order valence-electron chi connectivity index (χ4n) is 8.53. The second kappa shape index (κ2) is 11.8. The molecule has 2 heterocycles. The standard InChI is InChI=1S/C49H28N4/c50-25-31-21-39(29-52-27-31)35-13-9-33(10-14-35)37-17-19-43-44-20-18-38(34-11-15-36(16-12-34)40-22-32(26-51)28-53-30-40)24-48(44)49(47(43)23-37)45-7-3-1-5-41(45)42-6-2-4-8-46(42)49/h1-24,27-30H. The van der Waals surface area contributed by atoms with Crippen molar-refractivity contribution in [2.75, 3.05) is 0 Å². The normalized spacial score (nSPS) is 12.6. The van der Waals surface area contributed by atoms with E-state index < -0.39 is 5.41 Å². The van der Waals surface area contributed by atoms with Crippen molar-refractivity contribution in [3.63, 3.8) is 0 Å². The van der Waals surface area contributed by atoms with Crippen LogP contribution in [0.25, 0.3) is 66.8 Å². The highest BCUT2D eigenvalue weighted by Crippen LogP contribution is 2.63. The maximum Gasteiger partial charge on any atom is 0.101 e. The van der Waals surface area contributed by atoms with Gasteiger partial charge in [0.15, 0.2) is 0 Å². The van der Waals surface area contributed by atoms with E-state index in [4.69, 9.17) is 0 Å². The summed E-state index contributed by atoms with van der Waals surface area (Å²) in [6, 6.07) is 56.9. The van der Waals surface area contributed by atoms with Gasteiger partial charge >= 0.3 is 0 Å². The van der Waals surface area contributed by atoms with Crippen molar-refractivity contribution in [3.05, 3.63) is 204 Å². The molecular formula is C49H28N4. The zero-order valence-electron chi connectivity index (χ0n) is 28.5. The van der Waals surface area contributed by atoms with Crippen molar-refractivity contribution < 1.29 is 0 Å². The number of nitriles is 2. The number of rotatable bonds is 4. The zero-order chi connectivity index (χ0) is 35.5. The summed E-state index contributed by atoms with van der Waals surface area (Å²) >= 11 is 0. The molecule has 2 aliphatic carbocycles. The molecule has 4 heteroatoms. The van der Waals surface area contributed by atoms with Crippen LogP contribution >= 0.6 is 0 Å². The third kappa shape index (κ3) is 4.60. The van der Waals surface area contributed by atoms with E-state index in [-0.39, 0.29) is 0 Å². The molecule has 0 aliphatic heterocycles. The first-order chi connectivity index (χ1) is 26.1. The van der Waals surface area contributed by atoms with Crippen molar-refractivity contribution in [2.24, 2.45) is 0 Å². The average molecular weight is 673 g/mol. The van der Waals surface area contributed by atoms with E-state index in [1.54, 1.807) is 24.8 Å². The van der Waals surface area contributed by atoms with Gasteiger partial charge in [0, 0.05) is 35.9 Å². The minimum absolute atomic E-state index is 0.490. The van der Waals surface area contributed by atoms with Crippen molar-refractivity contribution in [1.29, 1.82) is 10.5 Å². The first-order valence-electron chi connectivity index (χ1n) is 17.6. The van der Waals surface area contributed by atoms with Gasteiger partial charge < -0.3 is 0 Å². The smallest absolute Gasteiger partial charge is 0.101 e. The van der Waals surface area contributed by atoms with Gasteiger partial charge in [0.25, 0.3) is 0 Å². The van der Waals surface area contributed by atoms with Gasteiger partial charge in [0.1, 0.15) is 12.1 Å². The molecule has 0 N–H and O–H groups in total. The van der Waals surface area contributed by atoms with E-state index in [0.29, 0.717) is 11.1 Å². The largest absolute Gasteiger partial charge is 0.263 e. The van der Waals surface area contributed by atoms with E-state index in [9.17, 15) is 10.5 Å². The second-order valence-corrected chi connectivity index (χ2v) is 13.7. The monoisotopic (exact) mass is 672 g/mol. The predicted molar refractivity (Wildman–Crippen MR) is 210 cm³/mol. The van der Waals surface area contributed by atoms with Crippen LogP contribution in [-0.4, -0.2) is 9.97 Å². The molecule has 2 aliphatic rings. The van der Waals surface area contributed by atoms with Gasteiger partial charge in [-0.15, -0.1) is 0 Å². The van der Waals surface area contributed by atoms with Crippen LogP contribution in [0.2, 0.25) is 0 Å². The Labute approximate surface area is 307 Å². The summed E-state index contributed by atoms with van der Waals surface area (Å²) in [7, 11) is 0. The molecule has 0 unspecified atom stereocenters. The molecule has 0 atom stereocenters. The van der Waals surface area contributed by atoms with E-state index in [2.05, 4.69) is 156 Å². The molecule has 0 amide bonds. The lowest BCUT2D eigenvalue weighted by Gasteiger charge is -2.31. The topological polar surface area (TPSA) is 73.4 Å². The van der Waals surface area contributed by atoms with E-state index in [1.807, 2.05) is 12.1 Å². The molecular weight excluding hydrogens is 645 g/mol. The van der Waals surface area contributed by atoms with Crippen LogP contribution < -0.4 is 0 Å². The lowest BCUT2D eigenvalue weighted by atomic mass is 9.70. The van der Waals surface area contributed by atoms with Gasteiger partial charge in [-0.1, -0.05) is 121 Å². The van der Waals surface area contributed by atoms with E-state index >= 15 is 0 Å². The number of fused-ring (bicyclic) bond motifs is 10. The Kier molecular flexibility index (Phi) is 6.80. The number of hydrogen-bond acceptors (Lipinski definition) is 4. The third-order valence-corrected chi connectivity index (χ3v) is 10.9. The van der Waals surface area contributed by atoms with Gasteiger partial charge in [0.05, 0.1) is 16.5 Å². The quantitative estimate of drug-likeness (QED) is 0.186. The molecule has 6 aromatic carbocycles. The molecule has 1 spiro atoms. The lowest BCUT2D eigenvalue weighted by Crippen LogP contribution is -2.26. The summed E-state index contributed by atoms with van der Waals surface area (Å²) in [4.78, 5) is 8.52. The first kappa shape index (κ1) is 30.4. The van der Waals surface area contributed by atoms with Crippen LogP contribution in [0.4, 0.5) is 0 Å². The molecule has 0 radical (unpaired) electrons. The fraction of sp³-hybridized carbons (Fsp3) is 0.0204. The lowest BCUT2D eigenvalue weighted by molar-refractivity contribution is 0.794. The molecule has 53 heavy (non-hydrogen) atoms. The van der Waals surface area contributed by atoms with Crippen molar-refractivity contribution in [1.82, 2.24) is 9.97 Å². The molecule has 10 rings (SSSR count). The highest BCUT2D eigenvalue weighted by atomic mass is 14.6. The molecule has 0 saturated carbocycles. The molecule has 0 fully saturated rings. The Morgan fingerprint density at radius 3 is 1.11 bits per heavy atom. The van der Waals surface area contributed by atoms with E-state index in [0.717, 1.165) is 44.5 Å². The number of nitrogens with zero attached hydrogens (tertiary/aromatic N) is 4. The maximum absolute atomic E-state index is 9.39. The predicted octanol–water partition coefficient (Wildman–Crippen LogP) is 11.2. The molecule has 0 bridgehead atoms. The molecule has 8 aromatic rings. The summed E-state index contributed by atoms with van der Waals surface area (Å²) in [5, 5.41) is 18.8. The summed E-state index contributed by atoms with van der Waals surface area (Å²) < 4.78 is 0. The van der Waals surface area contributed by atoms with Crippen molar-refractivity contribution in [2.45, 2.75) is 5.41 Å². The molecule has 4 nitrogen and oxygen atoms in total. The molecule has 244 valence electrons. The molecule has 0 saturated heterocycles. The van der Waals surface area contributed by atoms with Gasteiger partial charge in [0.2, 0.25) is 0 Å². The minimum atomic E-state index is -0.490. The SMILES string of the molecule is N#Cc1cncc(-c2ccc(-c3ccc4c(c3)C3(c5ccccc5-c5ccccc53)c3cc(-c5ccc(-c6cncc(C#N)c6)cc5)ccc3-4)cc2)c1. The Morgan fingerprint density at radius 1 is 0.340 bits per heavy atom. The van der Waals surface area contributed by atoms with Crippen molar-refractivity contribution in [3.8, 4) is 78.9 Å². The van der Waals surface area contributed by atoms with Crippen LogP contribution in [0.1, 0.15) is 33.4 Å². The number of pyridine rings is 2. The minimum Gasteiger partial charge on any atom is -0.263 e. The van der Waals surface area contributed by atoms with Gasteiger partial charge in [-0.05, 0) is 102 Å². The first-order valence-corrected chi connectivity index (χ1v) is 17.6. The molecule has 2 aromatic heterocycles. The van der Waals surface area contributed by atoms with E-state index in [1.165, 1.54) is 44.5 Å². The second-order valence-electron chi connectivity index (χ2n) is 13.7. The summed E-state index contributed by atoms with van der Waals surface area (Å²) in [6.45, 7) is 0. The number of benzene rings is 6. The van der Waals surface area contributed by atoms with Gasteiger partial charge in [-0.25, -0.2) is 0 Å². The summed E-state index contributed by atoms with van der Waals surface area (Å²) in [5.41, 5.74) is 19.3. The highest BCUT2D eigenvalue weighted by Gasteiger charge is 2.51. The Bertz CT molecular complexity index is 2660. The van der Waals surface area contributed by atoms with Gasteiger partial charge in [-0.3, -0.25) is 9.97 Å². The highest BCUT2D eigenvalue weighted by molar-refractivity contribution is 5.97. The van der Waals surface area contributed by atoms with Gasteiger partial charge in [-0.2, -0.15) is 10.5 Å². The van der Waals surface area contributed by atoms with Crippen LogP contribution in [0.15, 0.2) is 170 Å². The third-order valence-electron chi connectivity index (χ3n) is 10.9. The van der Waals surface area contributed by atoms with Crippen LogP contribution in [0.5, 0.6) is 0 Å². The van der Waals surface area contributed by atoms with Crippen LogP contribution in [-0.2, 0) is 5.41 Å². The fourth-order valence-corrected chi connectivity index (χ4v) is 8.53. The van der Waals surface area contributed by atoms with Crippen LogP contribution in [0, 0.1) is 22.7 Å². The Balaban J connectivity index is 1.13. The Hall–Kier alpha value is -7.40. The maximum atomic E-state index is 9.39. The number of hydrogen-bond donors (Lipinski definition) is 0. The summed E-state index contributed by atoms with van der Waals surface area (Å²) in [6.07, 6.45) is 6.78. The number of aromatic nitrogens is 2. The summed E-state index contributed by atoms with van der Waals surface area (Å²) in [5.74, 6) is 0. The average Bonchev–Trinajstić information content (AvgIpc) is 3.70. The Morgan fingerprint density at radius 2 is 0.698 bits per heavy atom. The van der Waals surface area contributed by atoms with Crippen molar-refractivity contribution >= 4 is 0 Å².